The molecule has 3 heterocycles. The fourth-order valence-corrected chi connectivity index (χ4v) is 4.50. The second-order valence-electron chi connectivity index (χ2n) is 8.35. The highest BCUT2D eigenvalue weighted by molar-refractivity contribution is 5.98. The number of amides is 1. The lowest BCUT2D eigenvalue weighted by Gasteiger charge is -2.20. The molecule has 2 aromatic heterocycles. The number of aryl methyl sites for hydroxylation is 1. The van der Waals surface area contributed by atoms with Gasteiger partial charge in [-0.1, -0.05) is 6.07 Å². The van der Waals surface area contributed by atoms with Gasteiger partial charge in [-0.25, -0.2) is 4.39 Å². The molecule has 2 aliphatic rings. The molecule has 1 aliphatic heterocycles. The van der Waals surface area contributed by atoms with Crippen LogP contribution in [-0.2, 0) is 20.0 Å². The zero-order valence-electron chi connectivity index (χ0n) is 22.8. The van der Waals surface area contributed by atoms with Crippen LogP contribution in [0.15, 0.2) is 48.8 Å². The number of halogens is 1. The first-order valence-electron chi connectivity index (χ1n) is 13.2. The number of methoxy groups -OCH3 is 1. The van der Waals surface area contributed by atoms with Gasteiger partial charge in [0, 0.05) is 41.0 Å². The minimum absolute atomic E-state index is 0.0295. The molecule has 6 nitrogen and oxygen atoms in total. The standard InChI is InChI=1S/C26H23FN4O2/c1-30-12-21-17(7-8-24(33-2)25(21)29-30)16-10-19(15-5-6-15)20(22(27)11-16)13-31-14-23-18(26(31)32)4-3-9-28-23/h3-4,7-12,15H,5-6,13-14H2,1-2H3/i1D3,14D2. The van der Waals surface area contributed by atoms with Gasteiger partial charge in [-0.2, -0.15) is 5.10 Å². The molecular formula is C26H23FN4O2. The molecular weight excluding hydrogens is 419 g/mol. The Labute approximate surface area is 197 Å². The van der Waals surface area contributed by atoms with Gasteiger partial charge in [0.15, 0.2) is 0 Å². The Morgan fingerprint density at radius 2 is 2.15 bits per heavy atom. The van der Waals surface area contributed by atoms with Crippen molar-refractivity contribution in [3.8, 4) is 16.9 Å². The first-order chi connectivity index (χ1) is 18.0. The molecule has 7 heteroatoms. The van der Waals surface area contributed by atoms with Crippen LogP contribution in [0.1, 0.15) is 52.8 Å². The first-order valence-corrected chi connectivity index (χ1v) is 10.7. The molecule has 0 radical (unpaired) electrons. The van der Waals surface area contributed by atoms with E-state index >= 15 is 4.39 Å². The molecule has 166 valence electrons. The van der Waals surface area contributed by atoms with Crippen LogP contribution in [0.5, 0.6) is 5.75 Å². The van der Waals surface area contributed by atoms with Gasteiger partial charge in [-0.3, -0.25) is 14.5 Å². The smallest absolute Gasteiger partial charge is 0.256 e. The number of benzene rings is 2. The van der Waals surface area contributed by atoms with E-state index in [0.717, 1.165) is 22.4 Å². The minimum Gasteiger partial charge on any atom is -0.494 e. The molecule has 0 spiro atoms. The number of aromatic nitrogens is 3. The van der Waals surface area contributed by atoms with Crippen LogP contribution in [0.3, 0.4) is 0 Å². The lowest BCUT2D eigenvalue weighted by molar-refractivity contribution is 0.0764. The van der Waals surface area contributed by atoms with Crippen LogP contribution in [-0.4, -0.2) is 32.7 Å². The predicted molar refractivity (Wildman–Crippen MR) is 122 cm³/mol. The third kappa shape index (κ3) is 3.26. The highest BCUT2D eigenvalue weighted by Crippen LogP contribution is 2.45. The van der Waals surface area contributed by atoms with E-state index in [4.69, 9.17) is 11.6 Å². The van der Waals surface area contributed by atoms with Gasteiger partial charge in [0.05, 0.1) is 27.6 Å². The fourth-order valence-electron chi connectivity index (χ4n) is 4.50. The Morgan fingerprint density at radius 3 is 2.91 bits per heavy atom. The highest BCUT2D eigenvalue weighted by Gasteiger charge is 2.33. The maximum Gasteiger partial charge on any atom is 0.256 e. The van der Waals surface area contributed by atoms with E-state index in [0.29, 0.717) is 33.3 Å². The van der Waals surface area contributed by atoms with Gasteiger partial charge >= 0.3 is 0 Å². The Kier molecular flexibility index (Phi) is 3.40. The summed E-state index contributed by atoms with van der Waals surface area (Å²) in [5, 5.41) is 4.71. The molecule has 0 atom stereocenters. The molecule has 1 aliphatic carbocycles. The van der Waals surface area contributed by atoms with Gasteiger partial charge < -0.3 is 9.64 Å². The SMILES string of the molecule is [2H]C1([2H])c2ncccc2C(=O)N1Cc1c(F)cc(-c2ccc(OC)c3nn(C([2H])([2H])[2H])cc23)cc1C1CC1. The minimum atomic E-state index is -2.50. The molecule has 0 bridgehead atoms. The zero-order valence-corrected chi connectivity index (χ0v) is 17.8. The van der Waals surface area contributed by atoms with E-state index in [-0.39, 0.29) is 29.3 Å². The van der Waals surface area contributed by atoms with Crippen LogP contribution in [0.4, 0.5) is 4.39 Å². The Bertz CT molecular complexity index is 1610. The summed E-state index contributed by atoms with van der Waals surface area (Å²) in [5.74, 6) is -0.613. The number of hydrogen-bond donors (Lipinski definition) is 0. The molecule has 33 heavy (non-hydrogen) atoms. The summed E-state index contributed by atoms with van der Waals surface area (Å²) in [6, 6.07) is 9.70. The molecule has 1 saturated carbocycles. The van der Waals surface area contributed by atoms with E-state index in [9.17, 15) is 4.79 Å². The predicted octanol–water partition coefficient (Wildman–Crippen LogP) is 4.82. The van der Waals surface area contributed by atoms with Crippen molar-refractivity contribution in [2.75, 3.05) is 7.11 Å². The topological polar surface area (TPSA) is 60.3 Å². The van der Waals surface area contributed by atoms with Gasteiger partial charge in [0.25, 0.3) is 5.91 Å². The van der Waals surface area contributed by atoms with Crippen molar-refractivity contribution < 1.29 is 20.8 Å². The Morgan fingerprint density at radius 1 is 1.27 bits per heavy atom. The van der Waals surface area contributed by atoms with Crippen LogP contribution in [0.25, 0.3) is 22.0 Å². The van der Waals surface area contributed by atoms with Crippen molar-refractivity contribution in [3.05, 3.63) is 77.0 Å². The van der Waals surface area contributed by atoms with Crippen LogP contribution < -0.4 is 4.74 Å². The molecule has 6 rings (SSSR count). The zero-order chi connectivity index (χ0) is 27.0. The van der Waals surface area contributed by atoms with Crippen molar-refractivity contribution in [1.29, 1.82) is 0 Å². The summed E-state index contributed by atoms with van der Waals surface area (Å²) in [4.78, 5) is 18.2. The summed E-state index contributed by atoms with van der Waals surface area (Å²) in [6.07, 6.45) is 4.55. The number of fused-ring (bicyclic) bond motifs is 2. The van der Waals surface area contributed by atoms with Crippen molar-refractivity contribution in [2.24, 2.45) is 6.98 Å². The average Bonchev–Trinajstić information content (AvgIpc) is 3.58. The normalized spacial score (nSPS) is 19.5. The fraction of sp³-hybridized carbons (Fsp3) is 0.269. The number of hydrogen-bond acceptors (Lipinski definition) is 4. The number of rotatable bonds is 5. The number of carbonyl (C=O) groups is 1. The monoisotopic (exact) mass is 447 g/mol. The van der Waals surface area contributed by atoms with Gasteiger partial charge in [0.1, 0.15) is 17.1 Å². The third-order valence-corrected chi connectivity index (χ3v) is 6.26. The largest absolute Gasteiger partial charge is 0.494 e. The van der Waals surface area contributed by atoms with Crippen molar-refractivity contribution in [3.63, 3.8) is 0 Å². The molecule has 1 amide bonds. The highest BCUT2D eigenvalue weighted by atomic mass is 19.1. The summed E-state index contributed by atoms with van der Waals surface area (Å²) in [5.41, 5.74) is 2.65. The van der Waals surface area contributed by atoms with Gasteiger partial charge in [-0.15, -0.1) is 0 Å². The maximum atomic E-state index is 15.9. The second-order valence-corrected chi connectivity index (χ2v) is 8.35. The van der Waals surface area contributed by atoms with E-state index in [1.165, 1.54) is 31.6 Å². The quantitative estimate of drug-likeness (QED) is 0.440. The number of nitrogens with zero attached hydrogens (tertiary/aromatic N) is 4. The molecule has 0 N–H and O–H groups in total. The van der Waals surface area contributed by atoms with Gasteiger partial charge in [-0.05, 0) is 65.8 Å². The molecule has 1 fully saturated rings. The molecule has 0 saturated heterocycles. The number of carbonyl (C=O) groups excluding carboxylic acids is 1. The maximum absolute atomic E-state index is 15.9. The first kappa shape index (κ1) is 15.2. The molecule has 2 aromatic carbocycles. The van der Waals surface area contributed by atoms with Gasteiger partial charge in [0.2, 0.25) is 0 Å². The van der Waals surface area contributed by atoms with Crippen molar-refractivity contribution in [2.45, 2.75) is 31.8 Å². The number of ether oxygens (including phenoxy) is 1. The van der Waals surface area contributed by atoms with Crippen LogP contribution in [0.2, 0.25) is 0 Å². The van der Waals surface area contributed by atoms with E-state index < -0.39 is 25.2 Å². The molecule has 4 aromatic rings. The summed E-state index contributed by atoms with van der Waals surface area (Å²) in [6.45, 7) is -4.91. The van der Waals surface area contributed by atoms with Crippen molar-refractivity contribution >= 4 is 16.8 Å². The molecule has 0 unspecified atom stereocenters. The Balaban J connectivity index is 1.46. The lowest BCUT2D eigenvalue weighted by atomic mass is 9.94. The average molecular weight is 448 g/mol. The Hall–Kier alpha value is -3.74. The van der Waals surface area contributed by atoms with Crippen LogP contribution >= 0.6 is 0 Å². The van der Waals surface area contributed by atoms with E-state index in [1.807, 2.05) is 6.07 Å². The third-order valence-electron chi connectivity index (χ3n) is 6.26. The van der Waals surface area contributed by atoms with E-state index in [2.05, 4.69) is 10.1 Å². The second kappa shape index (κ2) is 7.40. The summed E-state index contributed by atoms with van der Waals surface area (Å²) in [7, 11) is 1.47. The summed E-state index contributed by atoms with van der Waals surface area (Å²) < 4.78 is 62.5. The van der Waals surface area contributed by atoms with E-state index in [1.54, 1.807) is 18.2 Å². The van der Waals surface area contributed by atoms with Crippen LogP contribution in [0, 0.1) is 5.82 Å². The lowest BCUT2D eigenvalue weighted by Crippen LogP contribution is -2.24. The van der Waals surface area contributed by atoms with Crippen molar-refractivity contribution in [1.82, 2.24) is 19.7 Å². The summed E-state index contributed by atoms with van der Waals surface area (Å²) >= 11 is 0. The number of pyridine rings is 1.